The molecule has 2 aromatic carbocycles. The van der Waals surface area contributed by atoms with E-state index in [2.05, 4.69) is 4.98 Å². The number of benzene rings is 2. The molecule has 4 rings (SSSR count). The molecule has 1 amide bonds. The van der Waals surface area contributed by atoms with Gasteiger partial charge in [0.25, 0.3) is 11.8 Å². The van der Waals surface area contributed by atoms with Gasteiger partial charge in [0.15, 0.2) is 0 Å². The van der Waals surface area contributed by atoms with Crippen LogP contribution in [-0.2, 0) is 6.61 Å². The van der Waals surface area contributed by atoms with Crippen molar-refractivity contribution in [2.75, 3.05) is 13.1 Å². The van der Waals surface area contributed by atoms with Crippen LogP contribution in [0.3, 0.4) is 0 Å². The molecule has 2 heterocycles. The molecule has 0 atom stereocenters. The van der Waals surface area contributed by atoms with Crippen LogP contribution in [0.15, 0.2) is 47.0 Å². The molecule has 0 unspecified atom stereocenters. The Hall–Kier alpha value is -3.13. The van der Waals surface area contributed by atoms with Gasteiger partial charge in [-0.15, -0.1) is 0 Å². The van der Waals surface area contributed by atoms with Gasteiger partial charge < -0.3 is 14.4 Å². The Morgan fingerprint density at radius 1 is 1.21 bits per heavy atom. The van der Waals surface area contributed by atoms with E-state index in [9.17, 15) is 18.0 Å². The van der Waals surface area contributed by atoms with Crippen molar-refractivity contribution in [3.8, 4) is 22.6 Å². The molecule has 0 saturated carbocycles. The first kappa shape index (κ1) is 19.2. The fourth-order valence-electron chi connectivity index (χ4n) is 3.30. The van der Waals surface area contributed by atoms with Crippen LogP contribution in [0, 0.1) is 12.7 Å². The topological polar surface area (TPSA) is 66.6 Å². The largest absolute Gasteiger partial charge is 0.439 e. The van der Waals surface area contributed by atoms with Crippen LogP contribution in [-0.4, -0.2) is 39.9 Å². The number of hydrogen-bond donors (Lipinski definition) is 1. The number of aliphatic hydroxyl groups is 1. The molecule has 1 aliphatic rings. The summed E-state index contributed by atoms with van der Waals surface area (Å²) in [5, 5.41) is 9.09. The van der Waals surface area contributed by atoms with Gasteiger partial charge in [-0.05, 0) is 36.2 Å². The van der Waals surface area contributed by atoms with Crippen molar-refractivity contribution in [3.63, 3.8) is 0 Å². The van der Waals surface area contributed by atoms with Crippen LogP contribution >= 0.6 is 0 Å². The molecule has 0 radical (unpaired) electrons. The van der Waals surface area contributed by atoms with E-state index in [1.807, 2.05) is 6.92 Å². The number of carbonyl (C=O) groups excluding carboxylic acids is 1. The second kappa shape index (κ2) is 7.04. The summed E-state index contributed by atoms with van der Waals surface area (Å²) in [6, 6.07) is 9.15. The number of oxazole rings is 1. The van der Waals surface area contributed by atoms with Crippen molar-refractivity contribution in [3.05, 3.63) is 65.3 Å². The van der Waals surface area contributed by atoms with Gasteiger partial charge in [-0.25, -0.2) is 18.2 Å². The molecule has 150 valence electrons. The van der Waals surface area contributed by atoms with E-state index in [4.69, 9.17) is 9.52 Å². The van der Waals surface area contributed by atoms with Crippen molar-refractivity contribution in [2.45, 2.75) is 19.5 Å². The van der Waals surface area contributed by atoms with Crippen LogP contribution in [0.25, 0.3) is 22.6 Å². The van der Waals surface area contributed by atoms with Crippen molar-refractivity contribution in [1.29, 1.82) is 0 Å². The lowest BCUT2D eigenvalue weighted by Crippen LogP contribution is -2.58. The standard InChI is InChI=1S/C21H17F3N2O3/c1-12-6-13(2-4-16(12)19-25-8-15(9-27)29-19)17-5-3-14(7-18(17)22)20(28)26-10-21(23,24)11-26/h2-8,27H,9-11H2,1H3. The fraction of sp³-hybridized carbons (Fsp3) is 0.238. The van der Waals surface area contributed by atoms with Crippen LogP contribution in [0.4, 0.5) is 13.2 Å². The van der Waals surface area contributed by atoms with Gasteiger partial charge in [0, 0.05) is 16.7 Å². The lowest BCUT2D eigenvalue weighted by molar-refractivity contribution is -0.113. The van der Waals surface area contributed by atoms with Crippen LogP contribution in [0.5, 0.6) is 0 Å². The van der Waals surface area contributed by atoms with Gasteiger partial charge >= 0.3 is 0 Å². The number of aryl methyl sites for hydroxylation is 1. The second-order valence-corrected chi connectivity index (χ2v) is 7.03. The van der Waals surface area contributed by atoms with Gasteiger partial charge in [0.05, 0.1) is 19.3 Å². The molecule has 29 heavy (non-hydrogen) atoms. The Bertz CT molecular complexity index is 1090. The predicted molar refractivity (Wildman–Crippen MR) is 98.8 cm³/mol. The summed E-state index contributed by atoms with van der Waals surface area (Å²) in [5.41, 5.74) is 2.41. The molecule has 0 aliphatic carbocycles. The Morgan fingerprint density at radius 2 is 1.93 bits per heavy atom. The van der Waals surface area contributed by atoms with Crippen molar-refractivity contribution in [1.82, 2.24) is 9.88 Å². The number of aromatic nitrogens is 1. The maximum Gasteiger partial charge on any atom is 0.282 e. The Labute approximate surface area is 164 Å². The van der Waals surface area contributed by atoms with E-state index in [0.29, 0.717) is 22.8 Å². The van der Waals surface area contributed by atoms with Gasteiger partial charge in [-0.2, -0.15) is 0 Å². The molecule has 1 aliphatic heterocycles. The number of nitrogens with zero attached hydrogens (tertiary/aromatic N) is 2. The van der Waals surface area contributed by atoms with Crippen LogP contribution < -0.4 is 0 Å². The van der Waals surface area contributed by atoms with E-state index in [-0.39, 0.29) is 17.7 Å². The average molecular weight is 402 g/mol. The molecule has 1 fully saturated rings. The maximum atomic E-state index is 14.7. The second-order valence-electron chi connectivity index (χ2n) is 7.03. The number of halogens is 3. The van der Waals surface area contributed by atoms with E-state index in [1.54, 1.807) is 18.2 Å². The Kier molecular flexibility index (Phi) is 4.66. The average Bonchev–Trinajstić information content (AvgIpc) is 3.14. The molecule has 5 nitrogen and oxygen atoms in total. The summed E-state index contributed by atoms with van der Waals surface area (Å²) in [6.07, 6.45) is 1.44. The smallest absolute Gasteiger partial charge is 0.282 e. The molecule has 1 N–H and O–H groups in total. The van der Waals surface area contributed by atoms with Gasteiger partial charge in [-0.3, -0.25) is 4.79 Å². The first-order valence-corrected chi connectivity index (χ1v) is 8.91. The zero-order valence-corrected chi connectivity index (χ0v) is 15.5. The normalized spacial score (nSPS) is 15.3. The first-order chi connectivity index (χ1) is 13.8. The number of likely N-dealkylation sites (tertiary alicyclic amines) is 1. The number of aliphatic hydroxyl groups excluding tert-OH is 1. The highest BCUT2D eigenvalue weighted by atomic mass is 19.3. The summed E-state index contributed by atoms with van der Waals surface area (Å²) in [5.74, 6) is -3.40. The van der Waals surface area contributed by atoms with Crippen molar-refractivity contribution in [2.24, 2.45) is 0 Å². The van der Waals surface area contributed by atoms with Crippen LogP contribution in [0.1, 0.15) is 21.7 Å². The minimum atomic E-state index is -2.87. The van der Waals surface area contributed by atoms with E-state index < -0.39 is 30.7 Å². The van der Waals surface area contributed by atoms with E-state index in [1.165, 1.54) is 18.3 Å². The first-order valence-electron chi connectivity index (χ1n) is 8.91. The molecule has 0 spiro atoms. The number of amides is 1. The molecule has 0 bridgehead atoms. The quantitative estimate of drug-likeness (QED) is 0.715. The number of alkyl halides is 2. The van der Waals surface area contributed by atoms with Gasteiger partial charge in [-0.1, -0.05) is 18.2 Å². The summed E-state index contributed by atoms with van der Waals surface area (Å²) in [7, 11) is 0. The number of hydrogen-bond acceptors (Lipinski definition) is 4. The third-order valence-electron chi connectivity index (χ3n) is 4.82. The van der Waals surface area contributed by atoms with Gasteiger partial charge in [0.2, 0.25) is 5.89 Å². The summed E-state index contributed by atoms with van der Waals surface area (Å²) in [6.45, 7) is 0.278. The molecule has 1 saturated heterocycles. The molecule has 3 aromatic rings. The van der Waals surface area contributed by atoms with E-state index in [0.717, 1.165) is 16.5 Å². The highest BCUT2D eigenvalue weighted by Gasteiger charge is 2.46. The highest BCUT2D eigenvalue weighted by molar-refractivity contribution is 5.95. The minimum Gasteiger partial charge on any atom is -0.439 e. The summed E-state index contributed by atoms with van der Waals surface area (Å²) < 4.78 is 46.0. The maximum absolute atomic E-state index is 14.7. The molecular formula is C21H17F3N2O3. The monoisotopic (exact) mass is 402 g/mol. The van der Waals surface area contributed by atoms with Gasteiger partial charge in [0.1, 0.15) is 18.2 Å². The third kappa shape index (κ3) is 3.63. The fourth-order valence-corrected chi connectivity index (χ4v) is 3.30. The summed E-state index contributed by atoms with van der Waals surface area (Å²) in [4.78, 5) is 17.3. The number of rotatable bonds is 4. The zero-order chi connectivity index (χ0) is 20.8. The van der Waals surface area contributed by atoms with Crippen molar-refractivity contribution >= 4 is 5.91 Å². The summed E-state index contributed by atoms with van der Waals surface area (Å²) >= 11 is 0. The minimum absolute atomic E-state index is 0.0337. The Balaban J connectivity index is 1.58. The van der Waals surface area contributed by atoms with Crippen molar-refractivity contribution < 1.29 is 27.5 Å². The Morgan fingerprint density at radius 3 is 2.52 bits per heavy atom. The molecular weight excluding hydrogens is 385 g/mol. The lowest BCUT2D eigenvalue weighted by atomic mass is 9.98. The predicted octanol–water partition coefficient (Wildman–Crippen LogP) is 4.04. The molecule has 1 aromatic heterocycles. The van der Waals surface area contributed by atoms with E-state index >= 15 is 0 Å². The SMILES string of the molecule is Cc1cc(-c2ccc(C(=O)N3CC(F)(F)C3)cc2F)ccc1-c1ncc(CO)o1. The van der Waals surface area contributed by atoms with Crippen LogP contribution in [0.2, 0.25) is 0 Å². The number of carbonyl (C=O) groups is 1. The highest BCUT2D eigenvalue weighted by Crippen LogP contribution is 2.32. The zero-order valence-electron chi connectivity index (χ0n) is 15.5. The third-order valence-corrected chi connectivity index (χ3v) is 4.82. The molecule has 8 heteroatoms. The lowest BCUT2D eigenvalue weighted by Gasteiger charge is -2.38.